The molecule has 13 heavy (non-hydrogen) atoms. The average Bonchev–Trinajstić information content (AvgIpc) is 2.80. The summed E-state index contributed by atoms with van der Waals surface area (Å²) in [5.74, 6) is 0.780. The van der Waals surface area contributed by atoms with Crippen LogP contribution in [-0.2, 0) is 0 Å². The zero-order chi connectivity index (χ0) is 9.69. The molecule has 0 amide bonds. The van der Waals surface area contributed by atoms with Crippen molar-refractivity contribution in [2.45, 2.75) is 51.6 Å². The molecule has 2 nitrogen and oxygen atoms in total. The fourth-order valence-electron chi connectivity index (χ4n) is 2.05. The molecule has 2 atom stereocenters. The second-order valence-corrected chi connectivity index (χ2v) is 5.91. The van der Waals surface area contributed by atoms with Gasteiger partial charge in [0.1, 0.15) is 0 Å². The van der Waals surface area contributed by atoms with Gasteiger partial charge in [-0.2, -0.15) is 0 Å². The largest absolute Gasteiger partial charge is 0.324 e. The Morgan fingerprint density at radius 2 is 2.00 bits per heavy atom. The van der Waals surface area contributed by atoms with E-state index in [1.165, 1.54) is 19.3 Å². The molecule has 0 aromatic rings. The Morgan fingerprint density at radius 1 is 1.46 bits per heavy atom. The molecule has 3 N–H and O–H groups in total. The van der Waals surface area contributed by atoms with Gasteiger partial charge in [0.15, 0.2) is 0 Å². The summed E-state index contributed by atoms with van der Waals surface area (Å²) in [6.45, 7) is 7.81. The van der Waals surface area contributed by atoms with Crippen LogP contribution in [0.5, 0.6) is 0 Å². The van der Waals surface area contributed by atoms with E-state index < -0.39 is 0 Å². The van der Waals surface area contributed by atoms with Crippen LogP contribution in [0.15, 0.2) is 0 Å². The van der Waals surface area contributed by atoms with Gasteiger partial charge in [-0.05, 0) is 37.5 Å². The van der Waals surface area contributed by atoms with E-state index in [4.69, 9.17) is 5.73 Å². The molecule has 2 heteroatoms. The van der Waals surface area contributed by atoms with Crippen molar-refractivity contribution in [3.63, 3.8) is 0 Å². The number of hydrogen-bond donors (Lipinski definition) is 2. The van der Waals surface area contributed by atoms with Gasteiger partial charge in [-0.25, -0.2) is 0 Å². The first kappa shape index (κ1) is 9.47. The van der Waals surface area contributed by atoms with Crippen LogP contribution in [0.4, 0.5) is 0 Å². The molecule has 0 heterocycles. The first-order valence-corrected chi connectivity index (χ1v) is 5.44. The molecule has 2 aliphatic rings. The van der Waals surface area contributed by atoms with E-state index in [1.54, 1.807) is 0 Å². The lowest BCUT2D eigenvalue weighted by molar-refractivity contribution is 0.368. The van der Waals surface area contributed by atoms with Crippen LogP contribution in [0.3, 0.4) is 0 Å². The molecular formula is C11H22N2. The fraction of sp³-hybridized carbons (Fsp3) is 1.00. The van der Waals surface area contributed by atoms with Crippen molar-refractivity contribution in [2.24, 2.45) is 17.1 Å². The van der Waals surface area contributed by atoms with Gasteiger partial charge in [0, 0.05) is 18.1 Å². The van der Waals surface area contributed by atoms with E-state index in [-0.39, 0.29) is 5.54 Å². The van der Waals surface area contributed by atoms with E-state index in [2.05, 4.69) is 26.1 Å². The van der Waals surface area contributed by atoms with Crippen molar-refractivity contribution in [1.82, 2.24) is 5.32 Å². The maximum atomic E-state index is 6.22. The molecule has 0 saturated heterocycles. The zero-order valence-electron chi connectivity index (χ0n) is 9.06. The average molecular weight is 182 g/mol. The molecule has 2 rings (SSSR count). The van der Waals surface area contributed by atoms with Gasteiger partial charge in [0.25, 0.3) is 0 Å². The van der Waals surface area contributed by atoms with Gasteiger partial charge >= 0.3 is 0 Å². The topological polar surface area (TPSA) is 38.0 Å². The summed E-state index contributed by atoms with van der Waals surface area (Å²) < 4.78 is 0. The highest BCUT2D eigenvalue weighted by Gasteiger charge is 2.47. The van der Waals surface area contributed by atoms with Gasteiger partial charge in [-0.15, -0.1) is 0 Å². The van der Waals surface area contributed by atoms with Crippen LogP contribution in [0.25, 0.3) is 0 Å². The normalized spacial score (nSPS) is 35.5. The molecule has 0 spiro atoms. The second kappa shape index (κ2) is 2.71. The lowest BCUT2D eigenvalue weighted by atomic mass is 9.97. The van der Waals surface area contributed by atoms with Gasteiger partial charge in [-0.1, -0.05) is 13.8 Å². The van der Waals surface area contributed by atoms with E-state index in [0.717, 1.165) is 12.5 Å². The highest BCUT2D eigenvalue weighted by atomic mass is 15.0. The number of rotatable bonds is 4. The van der Waals surface area contributed by atoms with Crippen molar-refractivity contribution in [2.75, 3.05) is 6.54 Å². The first-order valence-electron chi connectivity index (χ1n) is 5.44. The molecule has 76 valence electrons. The molecule has 0 aliphatic heterocycles. The van der Waals surface area contributed by atoms with Crippen LogP contribution in [-0.4, -0.2) is 18.1 Å². The Kier molecular flexibility index (Phi) is 1.97. The Bertz CT molecular complexity index is 204. The Balaban J connectivity index is 1.73. The lowest BCUT2D eigenvalue weighted by Crippen LogP contribution is -2.49. The third kappa shape index (κ3) is 2.05. The molecule has 2 saturated carbocycles. The highest BCUT2D eigenvalue weighted by molar-refractivity contribution is 5.04. The first-order chi connectivity index (χ1) is 5.92. The molecule has 2 fully saturated rings. The second-order valence-electron chi connectivity index (χ2n) is 5.91. The summed E-state index contributed by atoms with van der Waals surface area (Å²) in [4.78, 5) is 0. The van der Waals surface area contributed by atoms with Gasteiger partial charge in [0.2, 0.25) is 0 Å². The Labute approximate surface area is 81.3 Å². The van der Waals surface area contributed by atoms with Crippen molar-refractivity contribution in [1.29, 1.82) is 0 Å². The van der Waals surface area contributed by atoms with Crippen molar-refractivity contribution >= 4 is 0 Å². The summed E-state index contributed by atoms with van der Waals surface area (Å²) in [7, 11) is 0. The minimum atomic E-state index is 0.0403. The number of hydrogen-bond acceptors (Lipinski definition) is 2. The number of nitrogens with two attached hydrogens (primary N) is 1. The molecule has 0 aromatic heterocycles. The Hall–Kier alpha value is -0.0800. The minimum Gasteiger partial charge on any atom is -0.324 e. The standard InChI is InChI=1S/C11H22N2/c1-10(2)6-9(10)13-7-11(3,12)8-4-5-8/h8-9,13H,4-7,12H2,1-3H3. The summed E-state index contributed by atoms with van der Waals surface area (Å²) in [5.41, 5.74) is 6.79. The van der Waals surface area contributed by atoms with E-state index in [0.29, 0.717) is 11.5 Å². The molecule has 2 aliphatic carbocycles. The lowest BCUT2D eigenvalue weighted by Gasteiger charge is -2.25. The predicted octanol–water partition coefficient (Wildman–Crippen LogP) is 1.50. The van der Waals surface area contributed by atoms with Crippen molar-refractivity contribution in [3.05, 3.63) is 0 Å². The summed E-state index contributed by atoms with van der Waals surface area (Å²) >= 11 is 0. The van der Waals surface area contributed by atoms with Crippen LogP contribution >= 0.6 is 0 Å². The summed E-state index contributed by atoms with van der Waals surface area (Å²) in [5, 5.41) is 3.58. The van der Waals surface area contributed by atoms with Gasteiger partial charge in [-0.3, -0.25) is 0 Å². The highest BCUT2D eigenvalue weighted by Crippen LogP contribution is 2.45. The van der Waals surface area contributed by atoms with E-state index in [1.807, 2.05) is 0 Å². The molecule has 0 bridgehead atoms. The molecular weight excluding hydrogens is 160 g/mol. The predicted molar refractivity (Wildman–Crippen MR) is 55.5 cm³/mol. The smallest absolute Gasteiger partial charge is 0.0280 e. The molecule has 2 unspecified atom stereocenters. The van der Waals surface area contributed by atoms with Crippen LogP contribution in [0.2, 0.25) is 0 Å². The minimum absolute atomic E-state index is 0.0403. The Morgan fingerprint density at radius 3 is 2.38 bits per heavy atom. The number of nitrogens with one attached hydrogen (secondary N) is 1. The quantitative estimate of drug-likeness (QED) is 0.691. The van der Waals surface area contributed by atoms with Crippen molar-refractivity contribution in [3.8, 4) is 0 Å². The zero-order valence-corrected chi connectivity index (χ0v) is 9.06. The fourth-order valence-corrected chi connectivity index (χ4v) is 2.05. The summed E-state index contributed by atoms with van der Waals surface area (Å²) in [6, 6.07) is 0.717. The van der Waals surface area contributed by atoms with Gasteiger partial charge < -0.3 is 11.1 Å². The maximum absolute atomic E-state index is 6.22. The van der Waals surface area contributed by atoms with Gasteiger partial charge in [0.05, 0.1) is 0 Å². The SMILES string of the molecule is CC1(C)CC1NCC(C)(N)C1CC1. The maximum Gasteiger partial charge on any atom is 0.0280 e. The summed E-state index contributed by atoms with van der Waals surface area (Å²) in [6.07, 6.45) is 3.99. The van der Waals surface area contributed by atoms with E-state index >= 15 is 0 Å². The third-order valence-electron chi connectivity index (χ3n) is 3.75. The molecule has 0 aromatic carbocycles. The van der Waals surface area contributed by atoms with Crippen LogP contribution in [0.1, 0.15) is 40.0 Å². The monoisotopic (exact) mass is 182 g/mol. The third-order valence-corrected chi connectivity index (χ3v) is 3.75. The van der Waals surface area contributed by atoms with Crippen LogP contribution in [0, 0.1) is 11.3 Å². The van der Waals surface area contributed by atoms with E-state index in [9.17, 15) is 0 Å². The molecule has 0 radical (unpaired) electrons. The van der Waals surface area contributed by atoms with Crippen LogP contribution < -0.4 is 11.1 Å². The van der Waals surface area contributed by atoms with Crippen molar-refractivity contribution < 1.29 is 0 Å².